The van der Waals surface area contributed by atoms with E-state index in [9.17, 15) is 14.5 Å². The van der Waals surface area contributed by atoms with E-state index in [0.717, 1.165) is 25.7 Å². The second-order valence-electron chi connectivity index (χ2n) is 5.56. The first kappa shape index (κ1) is 18.3. The van der Waals surface area contributed by atoms with Gasteiger partial charge >= 0.3 is 20.5 Å². The predicted molar refractivity (Wildman–Crippen MR) is 79.3 cm³/mol. The van der Waals surface area contributed by atoms with Crippen LogP contribution >= 0.6 is 8.53 Å². The van der Waals surface area contributed by atoms with Crippen LogP contribution in [0.5, 0.6) is 0 Å². The van der Waals surface area contributed by atoms with E-state index in [4.69, 9.17) is 9.26 Å². The zero-order chi connectivity index (χ0) is 15.8. The van der Waals surface area contributed by atoms with E-state index in [1.165, 1.54) is 0 Å². The molecule has 8 heteroatoms. The topological polar surface area (TPSA) is 96.9 Å². The van der Waals surface area contributed by atoms with Crippen LogP contribution in [0.1, 0.15) is 39.5 Å². The Morgan fingerprint density at radius 3 is 2.43 bits per heavy atom. The van der Waals surface area contributed by atoms with Crippen LogP contribution < -0.4 is 10.4 Å². The largest absolute Gasteiger partial charge is 0.457 e. The minimum absolute atomic E-state index is 0.0272. The normalized spacial score (nSPS) is 23.7. The Bertz CT molecular complexity index is 353. The highest BCUT2D eigenvalue weighted by molar-refractivity contribution is 7.44. The minimum Gasteiger partial charge on any atom is -0.457 e. The number of carbonyl (C=O) groups is 2. The highest BCUT2D eigenvalue weighted by Gasteiger charge is 2.29. The third-order valence-electron chi connectivity index (χ3n) is 3.30. The number of esters is 1. The summed E-state index contributed by atoms with van der Waals surface area (Å²) in [6.45, 7) is 3.87. The Morgan fingerprint density at radius 1 is 1.24 bits per heavy atom. The molecule has 0 aliphatic heterocycles. The Hall–Kier alpha value is -0.750. The lowest BCUT2D eigenvalue weighted by Crippen LogP contribution is -2.47. The van der Waals surface area contributed by atoms with Crippen LogP contribution in [0.15, 0.2) is 0 Å². The summed E-state index contributed by atoms with van der Waals surface area (Å²) in [7, 11) is -0.313. The van der Waals surface area contributed by atoms with E-state index in [1.54, 1.807) is 0 Å². The van der Waals surface area contributed by atoms with Crippen LogP contribution in [0.4, 0.5) is 0 Å². The highest BCUT2D eigenvalue weighted by Crippen LogP contribution is 2.31. The Kier molecular flexibility index (Phi) is 8.11. The zero-order valence-corrected chi connectivity index (χ0v) is 13.7. The molecule has 21 heavy (non-hydrogen) atoms. The van der Waals surface area contributed by atoms with Crippen molar-refractivity contribution in [1.29, 1.82) is 0 Å². The predicted octanol–water partition coefficient (Wildman–Crippen LogP) is 1.07. The lowest BCUT2D eigenvalue weighted by Gasteiger charge is -2.32. The molecule has 1 aliphatic carbocycles. The minimum atomic E-state index is -2.17. The summed E-state index contributed by atoms with van der Waals surface area (Å²) < 4.78 is 9.45. The van der Waals surface area contributed by atoms with Crippen molar-refractivity contribution in [3.05, 3.63) is 0 Å². The van der Waals surface area contributed by atoms with E-state index in [1.807, 2.05) is 20.9 Å². The van der Waals surface area contributed by atoms with Crippen molar-refractivity contribution in [1.82, 2.24) is 10.4 Å². The summed E-state index contributed by atoms with van der Waals surface area (Å²) in [5.74, 6) is -2.09. The number of carbonyl (C=O) groups excluding carboxylic acids is 2. The molecule has 0 radical (unpaired) electrons. The van der Waals surface area contributed by atoms with Gasteiger partial charge in [-0.3, -0.25) is 0 Å². The van der Waals surface area contributed by atoms with Gasteiger partial charge in [-0.1, -0.05) is 26.7 Å². The van der Waals surface area contributed by atoms with Gasteiger partial charge in [0.15, 0.2) is 0 Å². The molecule has 7 nitrogen and oxygen atoms in total. The van der Waals surface area contributed by atoms with E-state index < -0.39 is 20.5 Å². The molecule has 0 aromatic heterocycles. The van der Waals surface area contributed by atoms with Crippen molar-refractivity contribution in [2.45, 2.75) is 51.6 Å². The SMILES string of the molecule is CNC1CCCCC1N[P@](O)OC(=O)C(=O)OCC(C)C. The lowest BCUT2D eigenvalue weighted by molar-refractivity contribution is -0.162. The average molecular weight is 320 g/mol. The average Bonchev–Trinajstić information content (AvgIpc) is 2.44. The van der Waals surface area contributed by atoms with E-state index in [0.29, 0.717) is 0 Å². The fourth-order valence-electron chi connectivity index (χ4n) is 2.22. The highest BCUT2D eigenvalue weighted by atomic mass is 31.2. The van der Waals surface area contributed by atoms with Gasteiger partial charge in [0.2, 0.25) is 0 Å². The molecule has 0 bridgehead atoms. The number of nitrogens with one attached hydrogen (secondary N) is 2. The van der Waals surface area contributed by atoms with Gasteiger partial charge in [-0.2, -0.15) is 0 Å². The summed E-state index contributed by atoms with van der Waals surface area (Å²) in [5, 5.41) is 6.05. The Labute approximate surface area is 126 Å². The maximum absolute atomic E-state index is 11.5. The second-order valence-corrected chi connectivity index (χ2v) is 6.55. The van der Waals surface area contributed by atoms with Crippen molar-refractivity contribution >= 4 is 20.5 Å². The molecule has 1 rings (SSSR count). The fourth-order valence-corrected chi connectivity index (χ4v) is 3.09. The van der Waals surface area contributed by atoms with Crippen LogP contribution in [-0.2, 0) is 18.8 Å². The molecule has 1 saturated carbocycles. The van der Waals surface area contributed by atoms with Crippen molar-refractivity contribution in [3.63, 3.8) is 0 Å². The first-order chi connectivity index (χ1) is 9.93. The standard InChI is InChI=1S/C13H25N2O5P/c1-9(2)8-19-12(16)13(17)20-21(18)15-11-7-5-4-6-10(11)14-3/h9-11,14-15,18H,4-8H2,1-3H3/t10?,11?,21-/m1/s1. The van der Waals surface area contributed by atoms with Gasteiger partial charge in [0.25, 0.3) is 0 Å². The van der Waals surface area contributed by atoms with Gasteiger partial charge in [-0.05, 0) is 25.8 Å². The number of likely N-dealkylation sites (N-methyl/N-ethyl adjacent to an activating group) is 1. The molecule has 1 fully saturated rings. The molecule has 1 aliphatic rings. The molecule has 122 valence electrons. The molecular weight excluding hydrogens is 295 g/mol. The van der Waals surface area contributed by atoms with Crippen LogP contribution in [0.3, 0.4) is 0 Å². The van der Waals surface area contributed by atoms with Crippen molar-refractivity contribution in [2.24, 2.45) is 5.92 Å². The molecule has 3 atom stereocenters. The van der Waals surface area contributed by atoms with Gasteiger partial charge in [0, 0.05) is 12.1 Å². The van der Waals surface area contributed by atoms with Crippen LogP contribution in [-0.4, -0.2) is 42.6 Å². The lowest BCUT2D eigenvalue weighted by atomic mass is 9.91. The molecule has 0 spiro atoms. The third kappa shape index (κ3) is 6.70. The maximum Gasteiger partial charge on any atom is 0.422 e. The molecule has 2 unspecified atom stereocenters. The van der Waals surface area contributed by atoms with E-state index >= 15 is 0 Å². The number of rotatable bonds is 6. The van der Waals surface area contributed by atoms with Crippen LogP contribution in [0.25, 0.3) is 0 Å². The summed E-state index contributed by atoms with van der Waals surface area (Å²) in [6.07, 6.45) is 4.08. The maximum atomic E-state index is 11.5. The van der Waals surface area contributed by atoms with Crippen LogP contribution in [0.2, 0.25) is 0 Å². The summed E-state index contributed by atoms with van der Waals surface area (Å²) in [6, 6.07) is 0.252. The third-order valence-corrected chi connectivity index (χ3v) is 4.19. The molecule has 0 aromatic rings. The molecular formula is C13H25N2O5P. The van der Waals surface area contributed by atoms with Gasteiger partial charge in [0.05, 0.1) is 6.61 Å². The molecule has 3 N–H and O–H groups in total. The van der Waals surface area contributed by atoms with Gasteiger partial charge < -0.3 is 19.5 Å². The molecule has 0 heterocycles. The van der Waals surface area contributed by atoms with Gasteiger partial charge in [-0.25, -0.2) is 14.7 Å². The molecule has 0 saturated heterocycles. The zero-order valence-electron chi connectivity index (χ0n) is 12.8. The number of hydrogen-bond donors (Lipinski definition) is 3. The first-order valence-corrected chi connectivity index (χ1v) is 8.46. The summed E-state index contributed by atoms with van der Waals surface area (Å²) >= 11 is 0. The van der Waals surface area contributed by atoms with Gasteiger partial charge in [-0.15, -0.1) is 0 Å². The van der Waals surface area contributed by atoms with Crippen molar-refractivity contribution in [2.75, 3.05) is 13.7 Å². The Balaban J connectivity index is 2.36. The summed E-state index contributed by atoms with van der Waals surface area (Å²) in [5.41, 5.74) is 0. The second kappa shape index (κ2) is 9.30. The molecule has 0 aromatic carbocycles. The molecule has 0 amide bonds. The summed E-state index contributed by atoms with van der Waals surface area (Å²) in [4.78, 5) is 32.6. The Morgan fingerprint density at radius 2 is 1.86 bits per heavy atom. The van der Waals surface area contributed by atoms with E-state index in [2.05, 4.69) is 10.4 Å². The van der Waals surface area contributed by atoms with Crippen molar-refractivity contribution in [3.8, 4) is 0 Å². The quantitative estimate of drug-likeness (QED) is 0.382. The number of ether oxygens (including phenoxy) is 1. The van der Waals surface area contributed by atoms with Crippen LogP contribution in [0, 0.1) is 5.92 Å². The smallest absolute Gasteiger partial charge is 0.422 e. The number of hydrogen-bond acceptors (Lipinski definition) is 7. The van der Waals surface area contributed by atoms with Crippen molar-refractivity contribution < 1.29 is 23.7 Å². The monoisotopic (exact) mass is 320 g/mol. The van der Waals surface area contributed by atoms with Gasteiger partial charge in [0.1, 0.15) is 0 Å². The van der Waals surface area contributed by atoms with E-state index in [-0.39, 0.29) is 24.6 Å². The fraction of sp³-hybridized carbons (Fsp3) is 0.846. The first-order valence-electron chi connectivity index (χ1n) is 7.25.